The number of phenolic OH excluding ortho intramolecular Hbond substituents is 1. The molecular weight excluding hydrogens is 280 g/mol. The second-order valence-corrected chi connectivity index (χ2v) is 5.29. The summed E-state index contributed by atoms with van der Waals surface area (Å²) < 4.78 is 0. The Morgan fingerprint density at radius 2 is 2.10 bits per heavy atom. The molecule has 0 aliphatic carbocycles. The van der Waals surface area contributed by atoms with Crippen molar-refractivity contribution in [2.24, 2.45) is 0 Å². The molecule has 0 saturated carbocycles. The van der Waals surface area contributed by atoms with Gasteiger partial charge in [-0.25, -0.2) is 9.59 Å². The zero-order chi connectivity index (χ0) is 15.3. The maximum Gasteiger partial charge on any atom is 0.335 e. The third-order valence-electron chi connectivity index (χ3n) is 2.88. The monoisotopic (exact) mass is 298 g/mol. The van der Waals surface area contributed by atoms with Gasteiger partial charge in [0, 0.05) is 18.8 Å². The highest BCUT2D eigenvalue weighted by Gasteiger charge is 2.17. The lowest BCUT2D eigenvalue weighted by Crippen LogP contribution is -2.39. The lowest BCUT2D eigenvalue weighted by atomic mass is 10.2. The second kappa shape index (κ2) is 7.04. The predicted molar refractivity (Wildman–Crippen MR) is 79.7 cm³/mol. The summed E-state index contributed by atoms with van der Waals surface area (Å²) in [7, 11) is 1.67. The van der Waals surface area contributed by atoms with Gasteiger partial charge >= 0.3 is 12.0 Å². The number of nitrogens with one attached hydrogen (secondary N) is 1. The van der Waals surface area contributed by atoms with Crippen LogP contribution in [0.1, 0.15) is 17.3 Å². The number of hydrogen-bond acceptors (Lipinski definition) is 4. The first-order chi connectivity index (χ1) is 9.36. The van der Waals surface area contributed by atoms with Gasteiger partial charge in [0.15, 0.2) is 0 Å². The highest BCUT2D eigenvalue weighted by Crippen LogP contribution is 2.24. The average Bonchev–Trinajstić information content (AvgIpc) is 2.40. The van der Waals surface area contributed by atoms with Crippen molar-refractivity contribution in [1.29, 1.82) is 0 Å². The Morgan fingerprint density at radius 1 is 1.45 bits per heavy atom. The maximum atomic E-state index is 12.0. The molecule has 1 rings (SSSR count). The molecule has 2 amide bonds. The fourth-order valence-electron chi connectivity index (χ4n) is 1.53. The van der Waals surface area contributed by atoms with Gasteiger partial charge in [-0.1, -0.05) is 0 Å². The highest BCUT2D eigenvalue weighted by atomic mass is 32.2. The van der Waals surface area contributed by atoms with Gasteiger partial charge < -0.3 is 20.4 Å². The van der Waals surface area contributed by atoms with Crippen LogP contribution in [0.25, 0.3) is 0 Å². The van der Waals surface area contributed by atoms with Crippen molar-refractivity contribution in [3.8, 4) is 5.75 Å². The molecule has 3 N–H and O–H groups in total. The van der Waals surface area contributed by atoms with Crippen LogP contribution in [-0.4, -0.2) is 52.2 Å². The molecule has 1 aromatic carbocycles. The lowest BCUT2D eigenvalue weighted by molar-refractivity contribution is 0.0696. The first-order valence-corrected chi connectivity index (χ1v) is 7.35. The number of carboxylic acid groups (broad SMARTS) is 1. The summed E-state index contributed by atoms with van der Waals surface area (Å²) >= 11 is 1.63. The zero-order valence-electron chi connectivity index (χ0n) is 11.6. The fourth-order valence-corrected chi connectivity index (χ4v) is 2.23. The molecule has 0 aliphatic heterocycles. The van der Waals surface area contributed by atoms with E-state index in [1.165, 1.54) is 17.0 Å². The van der Waals surface area contributed by atoms with Crippen LogP contribution >= 0.6 is 11.8 Å². The van der Waals surface area contributed by atoms with Crippen molar-refractivity contribution < 1.29 is 19.8 Å². The summed E-state index contributed by atoms with van der Waals surface area (Å²) in [5.41, 5.74) is 0.146. The Bertz CT molecular complexity index is 507. The van der Waals surface area contributed by atoms with Crippen molar-refractivity contribution in [3.05, 3.63) is 23.8 Å². The van der Waals surface area contributed by atoms with Gasteiger partial charge in [-0.2, -0.15) is 11.8 Å². The van der Waals surface area contributed by atoms with Gasteiger partial charge in [-0.3, -0.25) is 0 Å². The molecule has 1 atom stereocenters. The molecule has 0 bridgehead atoms. The standard InChI is InChI=1S/C13H18N2O4S/c1-8(7-20-3)15(2)13(19)14-10-5-4-9(12(17)18)6-11(10)16/h4-6,8,16H,7H2,1-3H3,(H,14,19)(H,17,18). The maximum absolute atomic E-state index is 12.0. The molecule has 0 aromatic heterocycles. The second-order valence-electron chi connectivity index (χ2n) is 4.38. The molecule has 1 aromatic rings. The number of urea groups is 1. The molecule has 7 heteroatoms. The molecule has 0 aliphatic rings. The molecule has 0 radical (unpaired) electrons. The van der Waals surface area contributed by atoms with Crippen molar-refractivity contribution in [3.63, 3.8) is 0 Å². The summed E-state index contributed by atoms with van der Waals surface area (Å²) in [5.74, 6) is -0.610. The summed E-state index contributed by atoms with van der Waals surface area (Å²) in [4.78, 5) is 24.3. The molecule has 0 saturated heterocycles. The van der Waals surface area contributed by atoms with E-state index in [0.717, 1.165) is 11.8 Å². The van der Waals surface area contributed by atoms with Gasteiger partial charge in [-0.05, 0) is 31.4 Å². The molecule has 0 fully saturated rings. The third-order valence-corrected chi connectivity index (χ3v) is 3.69. The number of anilines is 1. The van der Waals surface area contributed by atoms with Crippen LogP contribution in [-0.2, 0) is 0 Å². The molecule has 110 valence electrons. The molecule has 1 unspecified atom stereocenters. The topological polar surface area (TPSA) is 89.9 Å². The van der Waals surface area contributed by atoms with Gasteiger partial charge in [-0.15, -0.1) is 0 Å². The summed E-state index contributed by atoms with van der Waals surface area (Å²) in [6, 6.07) is 3.48. The fraction of sp³-hybridized carbons (Fsp3) is 0.385. The first-order valence-electron chi connectivity index (χ1n) is 5.96. The number of aromatic hydroxyl groups is 1. The smallest absolute Gasteiger partial charge is 0.335 e. The van der Waals surface area contributed by atoms with Crippen LogP contribution in [0.15, 0.2) is 18.2 Å². The number of phenols is 1. The number of nitrogens with zero attached hydrogens (tertiary/aromatic N) is 1. The van der Waals surface area contributed by atoms with Crippen molar-refractivity contribution in [2.75, 3.05) is 24.4 Å². The first kappa shape index (κ1) is 16.2. The van der Waals surface area contributed by atoms with E-state index in [4.69, 9.17) is 5.11 Å². The van der Waals surface area contributed by atoms with Gasteiger partial charge in [0.25, 0.3) is 0 Å². The van der Waals surface area contributed by atoms with E-state index >= 15 is 0 Å². The number of carbonyl (C=O) groups excluding carboxylic acids is 1. The van der Waals surface area contributed by atoms with E-state index in [1.54, 1.807) is 18.8 Å². The van der Waals surface area contributed by atoms with Gasteiger partial charge in [0.1, 0.15) is 5.75 Å². The number of rotatable bonds is 5. The minimum Gasteiger partial charge on any atom is -0.506 e. The largest absolute Gasteiger partial charge is 0.506 e. The Hall–Kier alpha value is -1.89. The van der Waals surface area contributed by atoms with Crippen molar-refractivity contribution >= 4 is 29.4 Å². The normalized spacial score (nSPS) is 11.8. The minimum atomic E-state index is -1.14. The molecule has 20 heavy (non-hydrogen) atoms. The number of thioether (sulfide) groups is 1. The highest BCUT2D eigenvalue weighted by molar-refractivity contribution is 7.98. The Kier molecular flexibility index (Phi) is 5.69. The summed E-state index contributed by atoms with van der Waals surface area (Å²) in [6.07, 6.45) is 1.96. The summed E-state index contributed by atoms with van der Waals surface area (Å²) in [6.45, 7) is 1.92. The van der Waals surface area contributed by atoms with Gasteiger partial charge in [0.05, 0.1) is 11.3 Å². The molecule has 6 nitrogen and oxygen atoms in total. The number of benzene rings is 1. The number of aromatic carboxylic acids is 1. The van der Waals surface area contributed by atoms with E-state index in [-0.39, 0.29) is 29.1 Å². The van der Waals surface area contributed by atoms with Crippen LogP contribution in [0.5, 0.6) is 5.75 Å². The van der Waals surface area contributed by atoms with E-state index < -0.39 is 5.97 Å². The number of amides is 2. The van der Waals surface area contributed by atoms with Crippen LogP contribution in [0.4, 0.5) is 10.5 Å². The average molecular weight is 298 g/mol. The zero-order valence-corrected chi connectivity index (χ0v) is 12.4. The number of carboxylic acids is 1. The third kappa shape index (κ3) is 4.06. The van der Waals surface area contributed by atoms with Crippen LogP contribution in [0.2, 0.25) is 0 Å². The number of hydrogen-bond donors (Lipinski definition) is 3. The minimum absolute atomic E-state index is 0.0374. The Balaban J connectivity index is 2.78. The van der Waals surface area contributed by atoms with Crippen LogP contribution in [0, 0.1) is 0 Å². The van der Waals surface area contributed by atoms with Gasteiger partial charge in [0.2, 0.25) is 0 Å². The summed E-state index contributed by atoms with van der Waals surface area (Å²) in [5, 5.41) is 21.1. The van der Waals surface area contributed by atoms with Crippen LogP contribution < -0.4 is 5.32 Å². The van der Waals surface area contributed by atoms with Crippen molar-refractivity contribution in [1.82, 2.24) is 4.90 Å². The van der Waals surface area contributed by atoms with E-state index in [9.17, 15) is 14.7 Å². The van der Waals surface area contributed by atoms with E-state index in [0.29, 0.717) is 0 Å². The van der Waals surface area contributed by atoms with E-state index in [2.05, 4.69) is 5.32 Å². The quantitative estimate of drug-likeness (QED) is 0.726. The Morgan fingerprint density at radius 3 is 2.60 bits per heavy atom. The predicted octanol–water partition coefficient (Wildman–Crippen LogP) is 2.31. The lowest BCUT2D eigenvalue weighted by Gasteiger charge is -2.24. The molecular formula is C13H18N2O4S. The SMILES string of the molecule is CSCC(C)N(C)C(=O)Nc1ccc(C(=O)O)cc1O. The number of carbonyl (C=O) groups is 2. The van der Waals surface area contributed by atoms with Crippen molar-refractivity contribution in [2.45, 2.75) is 13.0 Å². The van der Waals surface area contributed by atoms with E-state index in [1.807, 2.05) is 13.2 Å². The van der Waals surface area contributed by atoms with Crippen LogP contribution in [0.3, 0.4) is 0 Å². The molecule has 0 spiro atoms. The molecule has 0 heterocycles. The Labute approximate surface area is 121 Å².